The molecule has 0 aliphatic carbocycles. The Morgan fingerprint density at radius 3 is 2.46 bits per heavy atom. The fraction of sp³-hybridized carbons (Fsp3) is 0.632. The number of hydrogen-bond acceptors (Lipinski definition) is 4. The second-order valence-electron chi connectivity index (χ2n) is 5.69. The monoisotopic (exact) mass is 336 g/mol. The van der Waals surface area contributed by atoms with E-state index in [-0.39, 0.29) is 5.91 Å². The van der Waals surface area contributed by atoms with Gasteiger partial charge in [0.15, 0.2) is 0 Å². The average molecular weight is 336 g/mol. The number of amides is 1. The number of ether oxygens (including phenoxy) is 2. The van der Waals surface area contributed by atoms with Gasteiger partial charge < -0.3 is 20.1 Å². The van der Waals surface area contributed by atoms with Crippen LogP contribution in [0.5, 0.6) is 5.75 Å². The summed E-state index contributed by atoms with van der Waals surface area (Å²) in [5, 5.41) is 6.06. The molecule has 2 N–H and O–H groups in total. The van der Waals surface area contributed by atoms with Gasteiger partial charge in [-0.15, -0.1) is 0 Å². The van der Waals surface area contributed by atoms with Gasteiger partial charge in [-0.25, -0.2) is 0 Å². The average Bonchev–Trinajstić information content (AvgIpc) is 2.61. The molecule has 0 atom stereocenters. The number of carbonyl (C=O) groups is 1. The molecule has 0 aromatic heterocycles. The van der Waals surface area contributed by atoms with Crippen LogP contribution < -0.4 is 15.4 Å². The van der Waals surface area contributed by atoms with Gasteiger partial charge in [0.05, 0.1) is 13.2 Å². The molecule has 0 saturated carbocycles. The van der Waals surface area contributed by atoms with Crippen LogP contribution in [0, 0.1) is 0 Å². The molecule has 0 radical (unpaired) electrons. The lowest BCUT2D eigenvalue weighted by atomic mass is 10.1. The largest absolute Gasteiger partial charge is 0.491 e. The normalized spacial score (nSPS) is 10.4. The summed E-state index contributed by atoms with van der Waals surface area (Å²) < 4.78 is 10.8. The van der Waals surface area contributed by atoms with Crippen LogP contribution >= 0.6 is 0 Å². The summed E-state index contributed by atoms with van der Waals surface area (Å²) in [6.07, 6.45) is 6.02. The van der Waals surface area contributed by atoms with Crippen LogP contribution in [0.4, 0.5) is 5.69 Å². The summed E-state index contributed by atoms with van der Waals surface area (Å²) in [6, 6.07) is 7.60. The Bertz CT molecular complexity index is 435. The molecule has 1 aromatic carbocycles. The molecule has 5 nitrogen and oxygen atoms in total. The minimum absolute atomic E-state index is 0.0301. The molecule has 0 bridgehead atoms. The molecular formula is C19H32N2O3. The van der Waals surface area contributed by atoms with Crippen molar-refractivity contribution < 1.29 is 14.3 Å². The van der Waals surface area contributed by atoms with E-state index in [0.717, 1.165) is 24.4 Å². The van der Waals surface area contributed by atoms with Crippen molar-refractivity contribution in [1.82, 2.24) is 5.32 Å². The first-order chi connectivity index (χ1) is 11.8. The number of anilines is 1. The first-order valence-corrected chi connectivity index (χ1v) is 9.07. The molecule has 0 unspecified atom stereocenters. The molecule has 24 heavy (non-hydrogen) atoms. The second kappa shape index (κ2) is 13.7. The standard InChI is InChI=1S/C19H32N2O3/c1-3-5-6-7-8-13-20-19(22)16-21-17-9-11-18(12-10-17)24-15-14-23-4-2/h9-12,21H,3-8,13-16H2,1-2H3,(H,20,22). The van der Waals surface area contributed by atoms with E-state index in [4.69, 9.17) is 9.47 Å². The summed E-state index contributed by atoms with van der Waals surface area (Å²) in [4.78, 5) is 11.8. The van der Waals surface area contributed by atoms with Crippen molar-refractivity contribution in [3.05, 3.63) is 24.3 Å². The van der Waals surface area contributed by atoms with E-state index in [1.807, 2.05) is 31.2 Å². The molecule has 1 rings (SSSR count). The number of nitrogens with one attached hydrogen (secondary N) is 2. The van der Waals surface area contributed by atoms with Gasteiger partial charge in [0.2, 0.25) is 5.91 Å². The third-order valence-corrected chi connectivity index (χ3v) is 3.61. The quantitative estimate of drug-likeness (QED) is 0.510. The van der Waals surface area contributed by atoms with Crippen molar-refractivity contribution in [2.24, 2.45) is 0 Å². The Balaban J connectivity index is 2.12. The van der Waals surface area contributed by atoms with Gasteiger partial charge in [0.25, 0.3) is 0 Å². The van der Waals surface area contributed by atoms with E-state index in [2.05, 4.69) is 17.6 Å². The number of carbonyl (C=O) groups excluding carboxylic acids is 1. The van der Waals surface area contributed by atoms with Gasteiger partial charge in [-0.3, -0.25) is 4.79 Å². The van der Waals surface area contributed by atoms with Crippen LogP contribution in [-0.4, -0.2) is 38.8 Å². The molecule has 0 fully saturated rings. The minimum atomic E-state index is 0.0301. The Morgan fingerprint density at radius 2 is 1.75 bits per heavy atom. The Morgan fingerprint density at radius 1 is 1.00 bits per heavy atom. The van der Waals surface area contributed by atoms with E-state index in [1.54, 1.807) is 0 Å². The Hall–Kier alpha value is -1.75. The van der Waals surface area contributed by atoms with Crippen molar-refractivity contribution in [3.63, 3.8) is 0 Å². The molecule has 0 aliphatic rings. The van der Waals surface area contributed by atoms with Crippen molar-refractivity contribution in [2.45, 2.75) is 46.0 Å². The second-order valence-corrected chi connectivity index (χ2v) is 5.69. The molecule has 0 heterocycles. The first kappa shape index (κ1) is 20.3. The molecule has 1 amide bonds. The van der Waals surface area contributed by atoms with Crippen LogP contribution in [0.1, 0.15) is 46.0 Å². The SMILES string of the molecule is CCCCCCCNC(=O)CNc1ccc(OCCOCC)cc1. The van der Waals surface area contributed by atoms with E-state index < -0.39 is 0 Å². The summed E-state index contributed by atoms with van der Waals surface area (Å²) in [6.45, 7) is 7.05. The number of unbranched alkanes of at least 4 members (excludes halogenated alkanes) is 4. The van der Waals surface area contributed by atoms with Crippen molar-refractivity contribution in [1.29, 1.82) is 0 Å². The highest BCUT2D eigenvalue weighted by Crippen LogP contribution is 2.15. The van der Waals surface area contributed by atoms with E-state index in [1.165, 1.54) is 25.7 Å². The topological polar surface area (TPSA) is 59.6 Å². The zero-order chi connectivity index (χ0) is 17.5. The van der Waals surface area contributed by atoms with Gasteiger partial charge in [0.1, 0.15) is 12.4 Å². The predicted octanol–water partition coefficient (Wildman–Crippen LogP) is 3.60. The molecule has 0 spiro atoms. The van der Waals surface area contributed by atoms with Crippen molar-refractivity contribution in [2.75, 3.05) is 38.2 Å². The highest BCUT2D eigenvalue weighted by molar-refractivity contribution is 5.80. The van der Waals surface area contributed by atoms with E-state index in [0.29, 0.717) is 26.4 Å². The minimum Gasteiger partial charge on any atom is -0.491 e. The molecule has 136 valence electrons. The highest BCUT2D eigenvalue weighted by Gasteiger charge is 2.01. The number of rotatable bonds is 14. The van der Waals surface area contributed by atoms with Gasteiger partial charge in [0, 0.05) is 18.8 Å². The van der Waals surface area contributed by atoms with Crippen LogP contribution in [-0.2, 0) is 9.53 Å². The van der Waals surface area contributed by atoms with Gasteiger partial charge in [-0.05, 0) is 37.6 Å². The van der Waals surface area contributed by atoms with Crippen LogP contribution in [0.2, 0.25) is 0 Å². The maximum absolute atomic E-state index is 11.8. The summed E-state index contributed by atoms with van der Waals surface area (Å²) >= 11 is 0. The predicted molar refractivity (Wildman–Crippen MR) is 98.7 cm³/mol. The maximum atomic E-state index is 11.8. The lowest BCUT2D eigenvalue weighted by Crippen LogP contribution is -2.30. The lowest BCUT2D eigenvalue weighted by molar-refractivity contribution is -0.119. The number of hydrogen-bond donors (Lipinski definition) is 2. The van der Waals surface area contributed by atoms with Gasteiger partial charge in [-0.1, -0.05) is 32.6 Å². The van der Waals surface area contributed by atoms with Crippen molar-refractivity contribution in [3.8, 4) is 5.75 Å². The highest BCUT2D eigenvalue weighted by atomic mass is 16.5. The van der Waals surface area contributed by atoms with E-state index >= 15 is 0 Å². The Kier molecular flexibility index (Phi) is 11.6. The zero-order valence-corrected chi connectivity index (χ0v) is 15.1. The zero-order valence-electron chi connectivity index (χ0n) is 15.1. The van der Waals surface area contributed by atoms with Crippen molar-refractivity contribution >= 4 is 11.6 Å². The molecule has 0 saturated heterocycles. The fourth-order valence-corrected chi connectivity index (χ4v) is 2.23. The van der Waals surface area contributed by atoms with Gasteiger partial charge in [-0.2, -0.15) is 0 Å². The van der Waals surface area contributed by atoms with E-state index in [9.17, 15) is 4.79 Å². The molecule has 5 heteroatoms. The third kappa shape index (κ3) is 10.1. The van der Waals surface area contributed by atoms with Crippen LogP contribution in [0.15, 0.2) is 24.3 Å². The van der Waals surface area contributed by atoms with Crippen LogP contribution in [0.3, 0.4) is 0 Å². The third-order valence-electron chi connectivity index (χ3n) is 3.61. The summed E-state index contributed by atoms with van der Waals surface area (Å²) in [5.41, 5.74) is 0.908. The van der Waals surface area contributed by atoms with Gasteiger partial charge >= 0.3 is 0 Å². The maximum Gasteiger partial charge on any atom is 0.239 e. The summed E-state index contributed by atoms with van der Waals surface area (Å²) in [7, 11) is 0. The fourth-order valence-electron chi connectivity index (χ4n) is 2.23. The summed E-state index contributed by atoms with van der Waals surface area (Å²) in [5.74, 6) is 0.833. The smallest absolute Gasteiger partial charge is 0.239 e. The molecular weight excluding hydrogens is 304 g/mol. The molecule has 0 aliphatic heterocycles. The molecule has 1 aromatic rings. The lowest BCUT2D eigenvalue weighted by Gasteiger charge is -2.09. The Labute approximate surface area is 146 Å². The van der Waals surface area contributed by atoms with Crippen LogP contribution in [0.25, 0.3) is 0 Å². The number of benzene rings is 1. The first-order valence-electron chi connectivity index (χ1n) is 9.07.